The molecule has 0 radical (unpaired) electrons. The Morgan fingerprint density at radius 1 is 1.31 bits per heavy atom. The first kappa shape index (κ1) is 13.5. The van der Waals surface area contributed by atoms with Crippen LogP contribution in [0, 0.1) is 17.2 Å². The first-order chi connectivity index (χ1) is 7.59. The Labute approximate surface area is 99.2 Å². The molecule has 1 saturated carbocycles. The van der Waals surface area contributed by atoms with Gasteiger partial charge in [0.15, 0.2) is 0 Å². The van der Waals surface area contributed by atoms with E-state index in [9.17, 15) is 5.26 Å². The molecule has 2 atom stereocenters. The van der Waals surface area contributed by atoms with E-state index in [0.717, 1.165) is 12.8 Å². The van der Waals surface area contributed by atoms with Crippen molar-refractivity contribution in [2.75, 3.05) is 13.7 Å². The van der Waals surface area contributed by atoms with Gasteiger partial charge in [-0.15, -0.1) is 0 Å². The predicted molar refractivity (Wildman–Crippen MR) is 65.1 cm³/mol. The topological polar surface area (TPSA) is 45.0 Å². The number of ether oxygens (including phenoxy) is 1. The van der Waals surface area contributed by atoms with Crippen molar-refractivity contribution >= 4 is 0 Å². The fourth-order valence-corrected chi connectivity index (χ4v) is 2.54. The summed E-state index contributed by atoms with van der Waals surface area (Å²) >= 11 is 0. The zero-order valence-electron chi connectivity index (χ0n) is 10.8. The molecular weight excluding hydrogens is 200 g/mol. The summed E-state index contributed by atoms with van der Waals surface area (Å²) in [6.07, 6.45) is 5.85. The molecular formula is C13H24N2O. The van der Waals surface area contributed by atoms with Crippen LogP contribution >= 0.6 is 0 Å². The van der Waals surface area contributed by atoms with Crippen molar-refractivity contribution in [1.29, 1.82) is 5.26 Å². The van der Waals surface area contributed by atoms with Crippen LogP contribution in [0.25, 0.3) is 0 Å². The number of nitriles is 1. The van der Waals surface area contributed by atoms with Gasteiger partial charge in [-0.1, -0.05) is 19.3 Å². The van der Waals surface area contributed by atoms with Gasteiger partial charge in [0.1, 0.15) is 0 Å². The Kier molecular flexibility index (Phi) is 5.24. The molecule has 1 aliphatic rings. The van der Waals surface area contributed by atoms with Crippen molar-refractivity contribution in [3.63, 3.8) is 0 Å². The molecule has 2 unspecified atom stereocenters. The van der Waals surface area contributed by atoms with Gasteiger partial charge in [-0.25, -0.2) is 0 Å². The second kappa shape index (κ2) is 6.22. The van der Waals surface area contributed by atoms with Gasteiger partial charge >= 0.3 is 0 Å². The summed E-state index contributed by atoms with van der Waals surface area (Å²) in [4.78, 5) is 0. The molecule has 0 amide bonds. The molecule has 0 aromatic heterocycles. The average molecular weight is 224 g/mol. The molecule has 92 valence electrons. The highest BCUT2D eigenvalue weighted by molar-refractivity contribution is 4.96. The average Bonchev–Trinajstić information content (AvgIpc) is 2.42. The fourth-order valence-electron chi connectivity index (χ4n) is 2.54. The molecule has 3 heteroatoms. The van der Waals surface area contributed by atoms with E-state index in [-0.39, 0.29) is 11.5 Å². The minimum absolute atomic E-state index is 0.0428. The van der Waals surface area contributed by atoms with Gasteiger partial charge < -0.3 is 10.1 Å². The van der Waals surface area contributed by atoms with E-state index >= 15 is 0 Å². The fraction of sp³-hybridized carbons (Fsp3) is 0.923. The molecule has 16 heavy (non-hydrogen) atoms. The van der Waals surface area contributed by atoms with E-state index in [0.29, 0.717) is 12.6 Å². The number of methoxy groups -OCH3 is 1. The van der Waals surface area contributed by atoms with Crippen molar-refractivity contribution in [3.05, 3.63) is 0 Å². The van der Waals surface area contributed by atoms with E-state index in [4.69, 9.17) is 4.74 Å². The van der Waals surface area contributed by atoms with Gasteiger partial charge in [0.25, 0.3) is 0 Å². The molecule has 0 spiro atoms. The zero-order valence-corrected chi connectivity index (χ0v) is 10.8. The molecule has 1 fully saturated rings. The minimum atomic E-state index is -0.0428. The Balaban J connectivity index is 2.58. The van der Waals surface area contributed by atoms with Gasteiger partial charge in [-0.05, 0) is 26.7 Å². The van der Waals surface area contributed by atoms with E-state index in [2.05, 4.69) is 25.2 Å². The molecule has 3 nitrogen and oxygen atoms in total. The quantitative estimate of drug-likeness (QED) is 0.746. The largest absolute Gasteiger partial charge is 0.383 e. The van der Waals surface area contributed by atoms with Crippen LogP contribution < -0.4 is 5.32 Å². The molecule has 1 rings (SSSR count). The molecule has 0 saturated heterocycles. The maximum Gasteiger partial charge on any atom is 0.0672 e. The summed E-state index contributed by atoms with van der Waals surface area (Å²) in [7, 11) is 1.72. The molecule has 0 bridgehead atoms. The molecule has 1 aliphatic carbocycles. The zero-order chi connectivity index (χ0) is 12.0. The maximum atomic E-state index is 9.19. The minimum Gasteiger partial charge on any atom is -0.383 e. The number of rotatable bonds is 4. The summed E-state index contributed by atoms with van der Waals surface area (Å²) in [5, 5.41) is 12.8. The lowest BCUT2D eigenvalue weighted by Gasteiger charge is -2.32. The highest BCUT2D eigenvalue weighted by Gasteiger charge is 2.28. The summed E-state index contributed by atoms with van der Waals surface area (Å²) in [5.74, 6) is 0.165. The second-order valence-corrected chi connectivity index (χ2v) is 5.44. The van der Waals surface area contributed by atoms with Crippen LogP contribution in [-0.2, 0) is 4.74 Å². The second-order valence-electron chi connectivity index (χ2n) is 5.44. The summed E-state index contributed by atoms with van der Waals surface area (Å²) in [5.41, 5.74) is -0.0428. The van der Waals surface area contributed by atoms with Crippen LogP contribution in [0.2, 0.25) is 0 Å². The number of nitrogens with zero attached hydrogens (tertiary/aromatic N) is 1. The van der Waals surface area contributed by atoms with Crippen molar-refractivity contribution in [3.8, 4) is 6.07 Å². The lowest BCUT2D eigenvalue weighted by molar-refractivity contribution is 0.114. The van der Waals surface area contributed by atoms with E-state index in [1.807, 2.05) is 0 Å². The van der Waals surface area contributed by atoms with E-state index in [1.54, 1.807) is 7.11 Å². The molecule has 0 aliphatic heterocycles. The van der Waals surface area contributed by atoms with Crippen molar-refractivity contribution in [2.24, 2.45) is 5.92 Å². The lowest BCUT2D eigenvalue weighted by Crippen LogP contribution is -2.51. The van der Waals surface area contributed by atoms with Gasteiger partial charge in [0.2, 0.25) is 0 Å². The summed E-state index contributed by atoms with van der Waals surface area (Å²) < 4.78 is 5.20. The summed E-state index contributed by atoms with van der Waals surface area (Å²) in [6, 6.07) is 2.79. The number of hydrogen-bond donors (Lipinski definition) is 1. The van der Waals surface area contributed by atoms with Crippen LogP contribution in [0.15, 0.2) is 0 Å². The highest BCUT2D eigenvalue weighted by Crippen LogP contribution is 2.24. The van der Waals surface area contributed by atoms with Crippen LogP contribution in [0.4, 0.5) is 0 Å². The lowest BCUT2D eigenvalue weighted by atomic mass is 9.93. The molecule has 0 heterocycles. The molecule has 0 aromatic rings. The van der Waals surface area contributed by atoms with E-state index in [1.165, 1.54) is 19.3 Å². The predicted octanol–water partition coefficient (Wildman–Crippen LogP) is 2.47. The maximum absolute atomic E-state index is 9.19. The van der Waals surface area contributed by atoms with Gasteiger partial charge in [-0.3, -0.25) is 0 Å². The van der Waals surface area contributed by atoms with Gasteiger partial charge in [0, 0.05) is 18.7 Å². The van der Waals surface area contributed by atoms with Crippen molar-refractivity contribution in [1.82, 2.24) is 5.32 Å². The van der Waals surface area contributed by atoms with Crippen molar-refractivity contribution in [2.45, 2.75) is 57.5 Å². The van der Waals surface area contributed by atoms with Crippen molar-refractivity contribution < 1.29 is 4.74 Å². The number of nitrogens with one attached hydrogen (secondary N) is 1. The standard InChI is InChI=1S/C13H24N2O/c1-13(2,10-16-3)15-12-8-6-4-5-7-11(12)9-14/h11-12,15H,4-8,10H2,1-3H3. The third kappa shape index (κ3) is 4.11. The highest BCUT2D eigenvalue weighted by atomic mass is 16.5. The van der Waals surface area contributed by atoms with Crippen LogP contribution in [-0.4, -0.2) is 25.3 Å². The smallest absolute Gasteiger partial charge is 0.0672 e. The van der Waals surface area contributed by atoms with E-state index < -0.39 is 0 Å². The Hall–Kier alpha value is -0.590. The third-order valence-corrected chi connectivity index (χ3v) is 3.26. The molecule has 0 aromatic carbocycles. The Morgan fingerprint density at radius 2 is 2.00 bits per heavy atom. The summed E-state index contributed by atoms with van der Waals surface area (Å²) in [6.45, 7) is 4.95. The number of hydrogen-bond acceptors (Lipinski definition) is 3. The van der Waals surface area contributed by atoms with Gasteiger partial charge in [-0.2, -0.15) is 5.26 Å². The first-order valence-electron chi connectivity index (χ1n) is 6.25. The van der Waals surface area contributed by atoms with Crippen LogP contribution in [0.3, 0.4) is 0 Å². The van der Waals surface area contributed by atoms with Crippen LogP contribution in [0.5, 0.6) is 0 Å². The third-order valence-electron chi connectivity index (χ3n) is 3.26. The normalized spacial score (nSPS) is 27.1. The Bertz CT molecular complexity index is 245. The monoisotopic (exact) mass is 224 g/mol. The molecule has 1 N–H and O–H groups in total. The van der Waals surface area contributed by atoms with Crippen LogP contribution in [0.1, 0.15) is 46.0 Å². The SMILES string of the molecule is COCC(C)(C)NC1CCCCCC1C#N. The van der Waals surface area contributed by atoms with Gasteiger partial charge in [0.05, 0.1) is 18.6 Å². The Morgan fingerprint density at radius 3 is 2.62 bits per heavy atom. The first-order valence-corrected chi connectivity index (χ1v) is 6.25.